The number of rotatable bonds is 6. The van der Waals surface area contributed by atoms with E-state index in [1.54, 1.807) is 24.3 Å². The minimum atomic E-state index is -3.82. The van der Waals surface area contributed by atoms with E-state index in [1.165, 1.54) is 19.2 Å². The van der Waals surface area contributed by atoms with Gasteiger partial charge in [0.2, 0.25) is 10.0 Å². The van der Waals surface area contributed by atoms with E-state index in [4.69, 9.17) is 27.9 Å². The zero-order valence-corrected chi connectivity index (χ0v) is 16.1. The minimum Gasteiger partial charge on any atom is -0.497 e. The van der Waals surface area contributed by atoms with Gasteiger partial charge in [-0.25, -0.2) is 13.1 Å². The van der Waals surface area contributed by atoms with Crippen molar-refractivity contribution in [3.63, 3.8) is 0 Å². The van der Waals surface area contributed by atoms with Crippen molar-refractivity contribution in [3.8, 4) is 5.75 Å². The lowest BCUT2D eigenvalue weighted by atomic mass is 10.2. The van der Waals surface area contributed by atoms with Crippen molar-refractivity contribution in [3.05, 3.63) is 52.0 Å². The van der Waals surface area contributed by atoms with Crippen LogP contribution in [0.1, 0.15) is 23.2 Å². The standard InChI is InChI=1S/C17H16Cl2N2O4S/c1-25-12-4-2-3-11(7-12)20-17(22)13-8-16(15(19)9-14(13)18)26(23,24)21-10-5-6-10/h2-4,7-10,21H,5-6H2,1H3,(H,20,22). The van der Waals surface area contributed by atoms with Gasteiger partial charge in [-0.15, -0.1) is 0 Å². The first-order valence-electron chi connectivity index (χ1n) is 7.77. The number of sulfonamides is 1. The molecule has 1 saturated carbocycles. The van der Waals surface area contributed by atoms with E-state index in [-0.39, 0.29) is 26.5 Å². The molecule has 138 valence electrons. The highest BCUT2D eigenvalue weighted by molar-refractivity contribution is 7.89. The molecule has 0 radical (unpaired) electrons. The number of halogens is 2. The van der Waals surface area contributed by atoms with Crippen molar-refractivity contribution < 1.29 is 17.9 Å². The Bertz CT molecular complexity index is 959. The third-order valence-corrected chi connectivity index (χ3v) is 6.08. The molecule has 1 fully saturated rings. The van der Waals surface area contributed by atoms with E-state index in [9.17, 15) is 13.2 Å². The third-order valence-electron chi connectivity index (χ3n) is 3.78. The lowest BCUT2D eigenvalue weighted by molar-refractivity contribution is 0.102. The normalized spacial score (nSPS) is 14.1. The van der Waals surface area contributed by atoms with Crippen molar-refractivity contribution in [2.24, 2.45) is 0 Å². The van der Waals surface area contributed by atoms with Crippen LogP contribution in [0.15, 0.2) is 41.3 Å². The first-order chi connectivity index (χ1) is 12.3. The smallest absolute Gasteiger partial charge is 0.257 e. The number of carbonyl (C=O) groups is 1. The Balaban J connectivity index is 1.91. The highest BCUT2D eigenvalue weighted by Gasteiger charge is 2.30. The third kappa shape index (κ3) is 4.29. The van der Waals surface area contributed by atoms with Gasteiger partial charge in [-0.3, -0.25) is 4.79 Å². The largest absolute Gasteiger partial charge is 0.497 e. The van der Waals surface area contributed by atoms with Crippen LogP contribution in [0, 0.1) is 0 Å². The van der Waals surface area contributed by atoms with Gasteiger partial charge in [0.15, 0.2) is 0 Å². The molecule has 0 heterocycles. The molecule has 1 aliphatic carbocycles. The summed E-state index contributed by atoms with van der Waals surface area (Å²) in [6.45, 7) is 0. The van der Waals surface area contributed by atoms with E-state index in [0.29, 0.717) is 11.4 Å². The molecule has 0 aliphatic heterocycles. The van der Waals surface area contributed by atoms with E-state index in [0.717, 1.165) is 12.8 Å². The molecule has 9 heteroatoms. The van der Waals surface area contributed by atoms with Crippen LogP contribution in [0.4, 0.5) is 5.69 Å². The predicted octanol–water partition coefficient (Wildman–Crippen LogP) is 3.70. The second-order valence-corrected chi connectivity index (χ2v) is 8.34. The molecule has 2 N–H and O–H groups in total. The van der Waals surface area contributed by atoms with Crippen LogP contribution in [0.25, 0.3) is 0 Å². The Morgan fingerprint density at radius 3 is 2.54 bits per heavy atom. The fraction of sp³-hybridized carbons (Fsp3) is 0.235. The SMILES string of the molecule is COc1cccc(NC(=O)c2cc(S(=O)(=O)NC3CC3)c(Cl)cc2Cl)c1. The van der Waals surface area contributed by atoms with Gasteiger partial charge in [-0.2, -0.15) is 0 Å². The number of ether oxygens (including phenoxy) is 1. The molecule has 0 atom stereocenters. The van der Waals surface area contributed by atoms with Crippen molar-refractivity contribution >= 4 is 44.8 Å². The fourth-order valence-corrected chi connectivity index (χ4v) is 4.46. The second-order valence-electron chi connectivity index (χ2n) is 5.84. The maximum absolute atomic E-state index is 12.6. The van der Waals surface area contributed by atoms with Gasteiger partial charge >= 0.3 is 0 Å². The van der Waals surface area contributed by atoms with E-state index in [2.05, 4.69) is 10.0 Å². The van der Waals surface area contributed by atoms with Gasteiger partial charge in [-0.05, 0) is 37.1 Å². The average Bonchev–Trinajstić information content (AvgIpc) is 3.37. The maximum Gasteiger partial charge on any atom is 0.257 e. The molecule has 2 aromatic carbocycles. The summed E-state index contributed by atoms with van der Waals surface area (Å²) in [5, 5.41) is 2.68. The van der Waals surface area contributed by atoms with Crippen molar-refractivity contribution in [1.29, 1.82) is 0 Å². The molecule has 0 aromatic heterocycles. The summed E-state index contributed by atoms with van der Waals surface area (Å²) < 4.78 is 32.5. The Hall–Kier alpha value is -1.80. The number of hydrogen-bond donors (Lipinski definition) is 2. The van der Waals surface area contributed by atoms with Crippen LogP contribution in [-0.4, -0.2) is 27.5 Å². The molecule has 1 aliphatic rings. The predicted molar refractivity (Wildman–Crippen MR) is 101 cm³/mol. The van der Waals surface area contributed by atoms with Crippen LogP contribution in [0.2, 0.25) is 10.0 Å². The topological polar surface area (TPSA) is 84.5 Å². The lowest BCUT2D eigenvalue weighted by Gasteiger charge is -2.12. The van der Waals surface area contributed by atoms with Crippen LogP contribution < -0.4 is 14.8 Å². The van der Waals surface area contributed by atoms with E-state index >= 15 is 0 Å². The zero-order chi connectivity index (χ0) is 18.9. The summed E-state index contributed by atoms with van der Waals surface area (Å²) in [7, 11) is -2.31. The van der Waals surface area contributed by atoms with Crippen molar-refractivity contribution in [1.82, 2.24) is 4.72 Å². The molecule has 26 heavy (non-hydrogen) atoms. The van der Waals surface area contributed by atoms with Gasteiger partial charge in [0.05, 0.1) is 22.7 Å². The first-order valence-corrected chi connectivity index (χ1v) is 10.0. The summed E-state index contributed by atoms with van der Waals surface area (Å²) in [6, 6.07) is 9.12. The maximum atomic E-state index is 12.6. The quantitative estimate of drug-likeness (QED) is 0.754. The number of amides is 1. The second kappa shape index (κ2) is 7.44. The Labute approximate surface area is 161 Å². The zero-order valence-electron chi connectivity index (χ0n) is 13.8. The van der Waals surface area contributed by atoms with Crippen LogP contribution >= 0.6 is 23.2 Å². The Kier molecular flexibility index (Phi) is 5.43. The molecular formula is C17H16Cl2N2O4S. The molecule has 1 amide bonds. The summed E-state index contributed by atoms with van der Waals surface area (Å²) in [5.74, 6) is 0.0182. The summed E-state index contributed by atoms with van der Waals surface area (Å²) in [4.78, 5) is 12.4. The average molecular weight is 415 g/mol. The van der Waals surface area contributed by atoms with Gasteiger partial charge in [0.1, 0.15) is 10.6 Å². The number of anilines is 1. The molecule has 0 unspecified atom stereocenters. The summed E-state index contributed by atoms with van der Waals surface area (Å²) in [5.41, 5.74) is 0.496. The van der Waals surface area contributed by atoms with E-state index < -0.39 is 15.9 Å². The number of benzene rings is 2. The number of hydrogen-bond acceptors (Lipinski definition) is 4. The highest BCUT2D eigenvalue weighted by atomic mass is 35.5. The van der Waals surface area contributed by atoms with Gasteiger partial charge in [0.25, 0.3) is 5.91 Å². The molecule has 6 nitrogen and oxygen atoms in total. The Morgan fingerprint density at radius 1 is 1.15 bits per heavy atom. The lowest BCUT2D eigenvalue weighted by Crippen LogP contribution is -2.26. The van der Waals surface area contributed by atoms with Gasteiger partial charge in [-0.1, -0.05) is 29.3 Å². The molecule has 0 spiro atoms. The Morgan fingerprint density at radius 2 is 1.88 bits per heavy atom. The van der Waals surface area contributed by atoms with Crippen LogP contribution in [0.3, 0.4) is 0 Å². The fourth-order valence-electron chi connectivity index (χ4n) is 2.29. The highest BCUT2D eigenvalue weighted by Crippen LogP contribution is 2.31. The van der Waals surface area contributed by atoms with Crippen molar-refractivity contribution in [2.75, 3.05) is 12.4 Å². The molecule has 0 bridgehead atoms. The molecule has 2 aromatic rings. The minimum absolute atomic E-state index is 0.00931. The summed E-state index contributed by atoms with van der Waals surface area (Å²) in [6.07, 6.45) is 1.57. The van der Waals surface area contributed by atoms with Crippen molar-refractivity contribution in [2.45, 2.75) is 23.8 Å². The van der Waals surface area contributed by atoms with Gasteiger partial charge < -0.3 is 10.1 Å². The van der Waals surface area contributed by atoms with Gasteiger partial charge in [0, 0.05) is 17.8 Å². The number of methoxy groups -OCH3 is 1. The van der Waals surface area contributed by atoms with Crippen LogP contribution in [-0.2, 0) is 10.0 Å². The molecular weight excluding hydrogens is 399 g/mol. The number of carbonyl (C=O) groups excluding carboxylic acids is 1. The monoisotopic (exact) mass is 414 g/mol. The number of nitrogens with one attached hydrogen (secondary N) is 2. The van der Waals surface area contributed by atoms with E-state index in [1.807, 2.05) is 0 Å². The molecule has 3 rings (SSSR count). The summed E-state index contributed by atoms with van der Waals surface area (Å²) >= 11 is 12.1. The first kappa shape index (κ1) is 19.0. The van der Waals surface area contributed by atoms with Crippen LogP contribution in [0.5, 0.6) is 5.75 Å². The molecule has 0 saturated heterocycles.